The molecule has 2 unspecified atom stereocenters. The molecule has 0 radical (unpaired) electrons. The van der Waals surface area contributed by atoms with Crippen molar-refractivity contribution in [2.75, 3.05) is 11.5 Å². The van der Waals surface area contributed by atoms with Gasteiger partial charge in [-0.3, -0.25) is 0 Å². The van der Waals surface area contributed by atoms with Crippen LogP contribution in [0.3, 0.4) is 0 Å². The van der Waals surface area contributed by atoms with Crippen LogP contribution in [0.15, 0.2) is 0 Å². The number of halogens is 2. The van der Waals surface area contributed by atoms with E-state index in [0.29, 0.717) is 6.42 Å². The van der Waals surface area contributed by atoms with Crippen molar-refractivity contribution in [3.63, 3.8) is 0 Å². The molecule has 1 fully saturated rings. The number of alkyl halides is 2. The second-order valence-corrected chi connectivity index (χ2v) is 6.35. The molecule has 0 aromatic carbocycles. The van der Waals surface area contributed by atoms with Crippen LogP contribution < -0.4 is 5.32 Å². The molecule has 0 bridgehead atoms. The molecular weight excluding hydrogens is 212 g/mol. The lowest BCUT2D eigenvalue weighted by Gasteiger charge is -2.28. The van der Waals surface area contributed by atoms with Gasteiger partial charge in [-0.25, -0.2) is 17.2 Å². The zero-order valence-corrected chi connectivity index (χ0v) is 9.07. The van der Waals surface area contributed by atoms with Gasteiger partial charge in [-0.2, -0.15) is 0 Å². The fraction of sp³-hybridized carbons (Fsp3) is 1.00. The SMILES string of the molecule is CC(NC1(C)CCS(=O)(=O)C1)C(F)F. The Hall–Kier alpha value is -0.230. The molecular formula is C8H15F2NO2S. The maximum atomic E-state index is 12.2. The molecule has 1 saturated heterocycles. The maximum Gasteiger partial charge on any atom is 0.253 e. The minimum Gasteiger partial charge on any atom is -0.303 e. The lowest BCUT2D eigenvalue weighted by Crippen LogP contribution is -2.50. The van der Waals surface area contributed by atoms with Crippen molar-refractivity contribution in [3.05, 3.63) is 0 Å². The topological polar surface area (TPSA) is 46.2 Å². The maximum absolute atomic E-state index is 12.2. The van der Waals surface area contributed by atoms with Crippen LogP contribution in [0.25, 0.3) is 0 Å². The fourth-order valence-corrected chi connectivity index (χ4v) is 3.84. The summed E-state index contributed by atoms with van der Waals surface area (Å²) in [7, 11) is -3.03. The standard InChI is InChI=1S/C8H15F2NO2S/c1-6(7(9)10)11-8(2)3-4-14(12,13)5-8/h6-7,11H,3-5H2,1-2H3. The Balaban J connectivity index is 2.61. The van der Waals surface area contributed by atoms with Crippen LogP contribution >= 0.6 is 0 Å². The monoisotopic (exact) mass is 227 g/mol. The molecule has 1 aliphatic rings. The van der Waals surface area contributed by atoms with E-state index in [2.05, 4.69) is 5.32 Å². The highest BCUT2D eigenvalue weighted by Gasteiger charge is 2.39. The molecule has 1 aliphatic heterocycles. The molecule has 0 saturated carbocycles. The van der Waals surface area contributed by atoms with Crippen molar-refractivity contribution in [3.8, 4) is 0 Å². The van der Waals surface area contributed by atoms with Crippen LogP contribution in [0, 0.1) is 0 Å². The first-order valence-corrected chi connectivity index (χ1v) is 6.32. The molecule has 2 atom stereocenters. The first-order chi connectivity index (χ1) is 6.24. The van der Waals surface area contributed by atoms with Gasteiger partial charge in [0.05, 0.1) is 17.5 Å². The van der Waals surface area contributed by atoms with E-state index in [9.17, 15) is 17.2 Å². The van der Waals surface area contributed by atoms with Crippen LogP contribution in [0.1, 0.15) is 20.3 Å². The van der Waals surface area contributed by atoms with E-state index in [-0.39, 0.29) is 11.5 Å². The molecule has 1 N–H and O–H groups in total. The van der Waals surface area contributed by atoms with Crippen LogP contribution in [0.4, 0.5) is 8.78 Å². The Morgan fingerprint density at radius 3 is 2.36 bits per heavy atom. The molecule has 0 aliphatic carbocycles. The summed E-state index contributed by atoms with van der Waals surface area (Å²) in [5, 5.41) is 2.68. The van der Waals surface area contributed by atoms with E-state index in [1.54, 1.807) is 6.92 Å². The summed E-state index contributed by atoms with van der Waals surface area (Å²) in [6.07, 6.45) is -2.05. The molecule has 3 nitrogen and oxygen atoms in total. The minimum absolute atomic E-state index is 0.0446. The molecule has 0 aromatic heterocycles. The van der Waals surface area contributed by atoms with E-state index >= 15 is 0 Å². The van der Waals surface area contributed by atoms with Crippen molar-refractivity contribution in [2.45, 2.75) is 38.3 Å². The smallest absolute Gasteiger partial charge is 0.253 e. The zero-order chi connectivity index (χ0) is 11.0. The Bertz CT molecular complexity index is 304. The van der Waals surface area contributed by atoms with Crippen molar-refractivity contribution < 1.29 is 17.2 Å². The average Bonchev–Trinajstić information content (AvgIpc) is 2.25. The lowest BCUT2D eigenvalue weighted by molar-refractivity contribution is 0.0914. The van der Waals surface area contributed by atoms with Gasteiger partial charge in [0.25, 0.3) is 6.43 Å². The van der Waals surface area contributed by atoms with Gasteiger partial charge in [0.1, 0.15) is 0 Å². The predicted molar refractivity (Wildman–Crippen MR) is 50.3 cm³/mol. The van der Waals surface area contributed by atoms with Crippen LogP contribution in [0.5, 0.6) is 0 Å². The van der Waals surface area contributed by atoms with Gasteiger partial charge < -0.3 is 5.32 Å². The number of hydrogen-bond donors (Lipinski definition) is 1. The van der Waals surface area contributed by atoms with E-state index in [1.807, 2.05) is 0 Å². The Kier molecular flexibility index (Phi) is 3.16. The molecule has 1 heterocycles. The van der Waals surface area contributed by atoms with E-state index in [0.717, 1.165) is 0 Å². The third kappa shape index (κ3) is 2.88. The van der Waals surface area contributed by atoms with Crippen LogP contribution in [-0.4, -0.2) is 37.9 Å². The Morgan fingerprint density at radius 1 is 1.43 bits per heavy atom. The van der Waals surface area contributed by atoms with Crippen LogP contribution in [0.2, 0.25) is 0 Å². The summed E-state index contributed by atoms with van der Waals surface area (Å²) in [5.41, 5.74) is -0.686. The molecule has 84 valence electrons. The summed E-state index contributed by atoms with van der Waals surface area (Å²) in [6, 6.07) is -0.965. The van der Waals surface area contributed by atoms with Gasteiger partial charge in [-0.15, -0.1) is 0 Å². The van der Waals surface area contributed by atoms with E-state index in [4.69, 9.17) is 0 Å². The third-order valence-corrected chi connectivity index (χ3v) is 4.36. The molecule has 0 aromatic rings. The second-order valence-electron chi connectivity index (χ2n) is 4.17. The van der Waals surface area contributed by atoms with Gasteiger partial charge in [0, 0.05) is 5.54 Å². The van der Waals surface area contributed by atoms with Gasteiger partial charge in [-0.1, -0.05) is 0 Å². The van der Waals surface area contributed by atoms with Gasteiger partial charge in [0.15, 0.2) is 9.84 Å². The van der Waals surface area contributed by atoms with Gasteiger partial charge >= 0.3 is 0 Å². The van der Waals surface area contributed by atoms with Crippen molar-refractivity contribution in [2.24, 2.45) is 0 Å². The third-order valence-electron chi connectivity index (χ3n) is 2.46. The Morgan fingerprint density at radius 2 is 2.00 bits per heavy atom. The second kappa shape index (κ2) is 3.73. The van der Waals surface area contributed by atoms with Gasteiger partial charge in [-0.05, 0) is 20.3 Å². The highest BCUT2D eigenvalue weighted by Crippen LogP contribution is 2.24. The van der Waals surface area contributed by atoms with Gasteiger partial charge in [0.2, 0.25) is 0 Å². The first-order valence-electron chi connectivity index (χ1n) is 4.50. The largest absolute Gasteiger partial charge is 0.303 e. The molecule has 1 rings (SSSR count). The molecule has 0 spiro atoms. The number of hydrogen-bond acceptors (Lipinski definition) is 3. The summed E-state index contributed by atoms with van der Waals surface area (Å²) in [4.78, 5) is 0. The summed E-state index contributed by atoms with van der Waals surface area (Å²) >= 11 is 0. The summed E-state index contributed by atoms with van der Waals surface area (Å²) < 4.78 is 46.8. The fourth-order valence-electron chi connectivity index (χ4n) is 1.74. The van der Waals surface area contributed by atoms with Crippen molar-refractivity contribution in [1.82, 2.24) is 5.32 Å². The minimum atomic E-state index is -3.03. The normalized spacial score (nSPS) is 33.5. The predicted octanol–water partition coefficient (Wildman–Crippen LogP) is 0.807. The number of nitrogens with one attached hydrogen (secondary N) is 1. The number of rotatable bonds is 3. The number of sulfone groups is 1. The van der Waals surface area contributed by atoms with E-state index in [1.165, 1.54) is 6.92 Å². The van der Waals surface area contributed by atoms with E-state index < -0.39 is 27.8 Å². The van der Waals surface area contributed by atoms with Crippen molar-refractivity contribution >= 4 is 9.84 Å². The highest BCUT2D eigenvalue weighted by atomic mass is 32.2. The molecule has 0 amide bonds. The molecule has 14 heavy (non-hydrogen) atoms. The lowest BCUT2D eigenvalue weighted by atomic mass is 10.0. The van der Waals surface area contributed by atoms with Crippen LogP contribution in [-0.2, 0) is 9.84 Å². The zero-order valence-electron chi connectivity index (χ0n) is 8.26. The summed E-state index contributed by atoms with van der Waals surface area (Å²) in [5.74, 6) is 0.0452. The quantitative estimate of drug-likeness (QED) is 0.776. The average molecular weight is 227 g/mol. The van der Waals surface area contributed by atoms with Crippen molar-refractivity contribution in [1.29, 1.82) is 0 Å². The first kappa shape index (κ1) is 11.8. The Labute approximate surface area is 82.8 Å². The molecule has 6 heteroatoms. The highest BCUT2D eigenvalue weighted by molar-refractivity contribution is 7.91. The summed E-state index contributed by atoms with van der Waals surface area (Å²) in [6.45, 7) is 3.04.